The van der Waals surface area contributed by atoms with E-state index in [4.69, 9.17) is 0 Å². The molecule has 1 atom stereocenters. The first-order valence-electron chi connectivity index (χ1n) is 5.58. The van der Waals surface area contributed by atoms with Crippen LogP contribution in [0, 0.1) is 5.82 Å². The normalized spacial score (nSPS) is 25.4. The smallest absolute Gasteiger partial charge is 0.127 e. The topological polar surface area (TPSA) is 40.7 Å². The lowest BCUT2D eigenvalue weighted by atomic mass is 10.00. The minimum absolute atomic E-state index is 0.0878. The first kappa shape index (κ1) is 9.78. The fourth-order valence-electron chi connectivity index (χ4n) is 2.34. The molecule has 4 heteroatoms. The lowest BCUT2D eigenvalue weighted by Gasteiger charge is -2.21. The summed E-state index contributed by atoms with van der Waals surface area (Å²) in [6, 6.07) is 4.64. The van der Waals surface area contributed by atoms with Crippen LogP contribution >= 0.6 is 0 Å². The number of nitrogens with one attached hydrogen (secondary N) is 2. The van der Waals surface area contributed by atoms with Gasteiger partial charge in [-0.15, -0.1) is 0 Å². The molecule has 1 unspecified atom stereocenters. The van der Waals surface area contributed by atoms with Crippen molar-refractivity contribution in [3.8, 4) is 0 Å². The summed E-state index contributed by atoms with van der Waals surface area (Å²) in [5, 5.41) is 3.44. The summed E-state index contributed by atoms with van der Waals surface area (Å²) in [6.45, 7) is 3.15. The predicted molar refractivity (Wildman–Crippen MR) is 60.6 cm³/mol. The second-order valence-corrected chi connectivity index (χ2v) is 4.61. The van der Waals surface area contributed by atoms with E-state index in [0.29, 0.717) is 0 Å². The number of aromatic nitrogens is 2. The van der Waals surface area contributed by atoms with Gasteiger partial charge in [0.05, 0.1) is 16.6 Å². The molecule has 1 aliphatic heterocycles. The third-order valence-electron chi connectivity index (χ3n) is 3.34. The first-order chi connectivity index (χ1) is 7.67. The molecule has 3 rings (SSSR count). The molecule has 2 N–H and O–H groups in total. The molecule has 2 heterocycles. The van der Waals surface area contributed by atoms with Crippen LogP contribution in [0.5, 0.6) is 0 Å². The lowest BCUT2D eigenvalue weighted by molar-refractivity contribution is 0.412. The zero-order valence-corrected chi connectivity index (χ0v) is 9.18. The van der Waals surface area contributed by atoms with Gasteiger partial charge in [-0.2, -0.15) is 0 Å². The van der Waals surface area contributed by atoms with E-state index in [1.54, 1.807) is 6.07 Å². The van der Waals surface area contributed by atoms with Gasteiger partial charge in [0.15, 0.2) is 0 Å². The Bertz CT molecular complexity index is 526. The second kappa shape index (κ2) is 3.28. The summed E-state index contributed by atoms with van der Waals surface area (Å²) in [5.41, 5.74) is 1.51. The SMILES string of the molecule is CC1(c2nc3ccc(F)cc3[nH]2)CCCN1. The van der Waals surface area contributed by atoms with Gasteiger partial charge in [0, 0.05) is 0 Å². The minimum atomic E-state index is -0.229. The number of benzene rings is 1. The zero-order chi connectivity index (χ0) is 11.2. The molecule has 1 saturated heterocycles. The van der Waals surface area contributed by atoms with E-state index in [1.165, 1.54) is 12.1 Å². The highest BCUT2D eigenvalue weighted by molar-refractivity contribution is 5.75. The maximum Gasteiger partial charge on any atom is 0.127 e. The molecule has 0 spiro atoms. The van der Waals surface area contributed by atoms with Crippen LogP contribution < -0.4 is 5.32 Å². The summed E-state index contributed by atoms with van der Waals surface area (Å²) >= 11 is 0. The summed E-state index contributed by atoms with van der Waals surface area (Å²) in [7, 11) is 0. The van der Waals surface area contributed by atoms with Crippen molar-refractivity contribution in [2.75, 3.05) is 6.54 Å². The van der Waals surface area contributed by atoms with Crippen molar-refractivity contribution in [1.82, 2.24) is 15.3 Å². The molecule has 2 aromatic rings. The maximum absolute atomic E-state index is 13.1. The number of halogens is 1. The number of H-pyrrole nitrogens is 1. The average Bonchev–Trinajstić information content (AvgIpc) is 2.84. The van der Waals surface area contributed by atoms with Gasteiger partial charge >= 0.3 is 0 Å². The van der Waals surface area contributed by atoms with Gasteiger partial charge in [-0.1, -0.05) is 0 Å². The molecule has 0 saturated carbocycles. The van der Waals surface area contributed by atoms with Crippen molar-refractivity contribution < 1.29 is 4.39 Å². The van der Waals surface area contributed by atoms with Gasteiger partial charge in [0.25, 0.3) is 0 Å². The summed E-state index contributed by atoms with van der Waals surface area (Å²) < 4.78 is 13.1. The third-order valence-corrected chi connectivity index (χ3v) is 3.34. The zero-order valence-electron chi connectivity index (χ0n) is 9.18. The Labute approximate surface area is 93.1 Å². The molecular weight excluding hydrogens is 205 g/mol. The maximum atomic E-state index is 13.1. The molecule has 3 nitrogen and oxygen atoms in total. The molecule has 84 valence electrons. The Hall–Kier alpha value is -1.42. The Balaban J connectivity index is 2.11. The number of hydrogen-bond acceptors (Lipinski definition) is 2. The van der Waals surface area contributed by atoms with Crippen LogP contribution in [0.3, 0.4) is 0 Å². The van der Waals surface area contributed by atoms with Gasteiger partial charge in [-0.25, -0.2) is 9.37 Å². The highest BCUT2D eigenvalue weighted by atomic mass is 19.1. The molecule has 0 radical (unpaired) electrons. The minimum Gasteiger partial charge on any atom is -0.340 e. The molecule has 1 aromatic heterocycles. The Morgan fingerprint density at radius 2 is 2.31 bits per heavy atom. The average molecular weight is 219 g/mol. The lowest BCUT2D eigenvalue weighted by Crippen LogP contribution is -2.34. The number of hydrogen-bond donors (Lipinski definition) is 2. The van der Waals surface area contributed by atoms with Crippen LogP contribution in [0.2, 0.25) is 0 Å². The predicted octanol–water partition coefficient (Wildman–Crippen LogP) is 2.30. The fourth-order valence-corrected chi connectivity index (χ4v) is 2.34. The van der Waals surface area contributed by atoms with Crippen molar-refractivity contribution in [3.63, 3.8) is 0 Å². The van der Waals surface area contributed by atoms with Gasteiger partial charge in [0.2, 0.25) is 0 Å². The first-order valence-corrected chi connectivity index (χ1v) is 5.58. The van der Waals surface area contributed by atoms with E-state index in [1.807, 2.05) is 0 Å². The van der Waals surface area contributed by atoms with Crippen molar-refractivity contribution in [3.05, 3.63) is 29.8 Å². The fraction of sp³-hybridized carbons (Fsp3) is 0.417. The number of rotatable bonds is 1. The van der Waals surface area contributed by atoms with E-state index in [-0.39, 0.29) is 11.4 Å². The Kier molecular flexibility index (Phi) is 2.01. The third kappa shape index (κ3) is 1.41. The number of nitrogens with zero attached hydrogens (tertiary/aromatic N) is 1. The standard InChI is InChI=1S/C12H14FN3/c1-12(5-2-6-14-12)11-15-9-4-3-8(13)7-10(9)16-11/h3-4,7,14H,2,5-6H2,1H3,(H,15,16). The molecule has 0 bridgehead atoms. The quantitative estimate of drug-likeness (QED) is 0.772. The van der Waals surface area contributed by atoms with Gasteiger partial charge in [-0.3, -0.25) is 0 Å². The van der Waals surface area contributed by atoms with Crippen LogP contribution in [0.15, 0.2) is 18.2 Å². The van der Waals surface area contributed by atoms with E-state index in [0.717, 1.165) is 36.2 Å². The highest BCUT2D eigenvalue weighted by Gasteiger charge is 2.32. The van der Waals surface area contributed by atoms with Gasteiger partial charge in [-0.05, 0) is 44.5 Å². The summed E-state index contributed by atoms with van der Waals surface area (Å²) in [5.74, 6) is 0.679. The molecule has 16 heavy (non-hydrogen) atoms. The van der Waals surface area contributed by atoms with Crippen molar-refractivity contribution in [2.24, 2.45) is 0 Å². The van der Waals surface area contributed by atoms with E-state index in [2.05, 4.69) is 22.2 Å². The number of aromatic amines is 1. The van der Waals surface area contributed by atoms with Crippen LogP contribution in [0.25, 0.3) is 11.0 Å². The molecule has 0 aliphatic carbocycles. The van der Waals surface area contributed by atoms with Crippen LogP contribution in [0.4, 0.5) is 4.39 Å². The second-order valence-electron chi connectivity index (χ2n) is 4.61. The molecule has 1 aliphatic rings. The van der Waals surface area contributed by atoms with Crippen molar-refractivity contribution in [1.29, 1.82) is 0 Å². The monoisotopic (exact) mass is 219 g/mol. The summed E-state index contributed by atoms with van der Waals surface area (Å²) in [4.78, 5) is 7.73. The molecule has 1 fully saturated rings. The Morgan fingerprint density at radius 3 is 3.06 bits per heavy atom. The van der Waals surface area contributed by atoms with Crippen LogP contribution in [-0.2, 0) is 5.54 Å². The van der Waals surface area contributed by atoms with E-state index in [9.17, 15) is 4.39 Å². The van der Waals surface area contributed by atoms with E-state index < -0.39 is 0 Å². The van der Waals surface area contributed by atoms with E-state index >= 15 is 0 Å². The molecule has 1 aromatic carbocycles. The van der Waals surface area contributed by atoms with Gasteiger partial charge in [0.1, 0.15) is 11.6 Å². The largest absolute Gasteiger partial charge is 0.340 e. The van der Waals surface area contributed by atoms with Gasteiger partial charge < -0.3 is 10.3 Å². The highest BCUT2D eigenvalue weighted by Crippen LogP contribution is 2.29. The van der Waals surface area contributed by atoms with Crippen molar-refractivity contribution in [2.45, 2.75) is 25.3 Å². The number of imidazole rings is 1. The van der Waals surface area contributed by atoms with Crippen LogP contribution in [-0.4, -0.2) is 16.5 Å². The molecule has 0 amide bonds. The number of fused-ring (bicyclic) bond motifs is 1. The molecular formula is C12H14FN3. The van der Waals surface area contributed by atoms with Crippen LogP contribution in [0.1, 0.15) is 25.6 Å². The summed E-state index contributed by atoms with van der Waals surface area (Å²) in [6.07, 6.45) is 2.22. The Morgan fingerprint density at radius 1 is 1.44 bits per heavy atom. The van der Waals surface area contributed by atoms with Crippen molar-refractivity contribution >= 4 is 11.0 Å².